The SMILES string of the molecule is NCCNc1cc(N2CCC2)ncn1. The lowest BCUT2D eigenvalue weighted by atomic mass is 10.2. The van der Waals surface area contributed by atoms with Crippen molar-refractivity contribution in [3.05, 3.63) is 12.4 Å². The highest BCUT2D eigenvalue weighted by atomic mass is 15.2. The van der Waals surface area contributed by atoms with Gasteiger partial charge in [0.25, 0.3) is 0 Å². The van der Waals surface area contributed by atoms with Crippen LogP contribution in [0, 0.1) is 0 Å². The Kier molecular flexibility index (Phi) is 2.78. The number of hydrogen-bond donors (Lipinski definition) is 2. The molecule has 1 aromatic rings. The molecule has 1 aliphatic heterocycles. The Bertz CT molecular complexity index is 297. The first-order valence-corrected chi connectivity index (χ1v) is 4.91. The van der Waals surface area contributed by atoms with Gasteiger partial charge in [-0.2, -0.15) is 0 Å². The molecule has 0 bridgehead atoms. The third-order valence-corrected chi connectivity index (χ3v) is 2.28. The molecular weight excluding hydrogens is 178 g/mol. The van der Waals surface area contributed by atoms with Crippen LogP contribution < -0.4 is 16.0 Å². The summed E-state index contributed by atoms with van der Waals surface area (Å²) in [7, 11) is 0. The van der Waals surface area contributed by atoms with E-state index in [0.29, 0.717) is 6.54 Å². The molecule has 3 N–H and O–H groups in total. The summed E-state index contributed by atoms with van der Waals surface area (Å²) < 4.78 is 0. The van der Waals surface area contributed by atoms with E-state index in [1.807, 2.05) is 6.07 Å². The zero-order chi connectivity index (χ0) is 9.80. The van der Waals surface area contributed by atoms with Crippen LogP contribution in [-0.4, -0.2) is 36.1 Å². The maximum atomic E-state index is 5.40. The van der Waals surface area contributed by atoms with E-state index < -0.39 is 0 Å². The summed E-state index contributed by atoms with van der Waals surface area (Å²) >= 11 is 0. The van der Waals surface area contributed by atoms with Gasteiger partial charge in [0.1, 0.15) is 18.0 Å². The predicted octanol–water partition coefficient (Wildman–Crippen LogP) is 0.0573. The van der Waals surface area contributed by atoms with Crippen molar-refractivity contribution in [3.8, 4) is 0 Å². The van der Waals surface area contributed by atoms with Gasteiger partial charge in [0, 0.05) is 32.2 Å². The third-order valence-electron chi connectivity index (χ3n) is 2.28. The minimum absolute atomic E-state index is 0.614. The molecule has 2 rings (SSSR count). The van der Waals surface area contributed by atoms with Crippen LogP contribution in [0.4, 0.5) is 11.6 Å². The second-order valence-electron chi connectivity index (χ2n) is 3.32. The molecule has 2 heterocycles. The van der Waals surface area contributed by atoms with Crippen LogP contribution in [0.2, 0.25) is 0 Å². The summed E-state index contributed by atoms with van der Waals surface area (Å²) in [5, 5.41) is 3.13. The Morgan fingerprint density at radius 2 is 2.29 bits per heavy atom. The molecule has 0 spiro atoms. The van der Waals surface area contributed by atoms with Crippen LogP contribution in [0.3, 0.4) is 0 Å². The topological polar surface area (TPSA) is 67.1 Å². The van der Waals surface area contributed by atoms with E-state index in [-0.39, 0.29) is 0 Å². The second-order valence-corrected chi connectivity index (χ2v) is 3.32. The van der Waals surface area contributed by atoms with Gasteiger partial charge in [0.05, 0.1) is 0 Å². The van der Waals surface area contributed by atoms with Crippen molar-refractivity contribution in [2.24, 2.45) is 5.73 Å². The summed E-state index contributed by atoms with van der Waals surface area (Å²) in [5.74, 6) is 1.86. The Labute approximate surface area is 83.3 Å². The molecule has 1 saturated heterocycles. The largest absolute Gasteiger partial charge is 0.369 e. The summed E-state index contributed by atoms with van der Waals surface area (Å²) in [5.41, 5.74) is 5.40. The highest BCUT2D eigenvalue weighted by Gasteiger charge is 2.15. The summed E-state index contributed by atoms with van der Waals surface area (Å²) in [6.45, 7) is 3.57. The lowest BCUT2D eigenvalue weighted by molar-refractivity contribution is 0.609. The number of nitrogens with one attached hydrogen (secondary N) is 1. The fourth-order valence-corrected chi connectivity index (χ4v) is 1.36. The molecule has 0 amide bonds. The number of hydrogen-bond acceptors (Lipinski definition) is 5. The Morgan fingerprint density at radius 1 is 1.43 bits per heavy atom. The van der Waals surface area contributed by atoms with Crippen LogP contribution in [0.5, 0.6) is 0 Å². The van der Waals surface area contributed by atoms with E-state index in [4.69, 9.17) is 5.73 Å². The lowest BCUT2D eigenvalue weighted by Gasteiger charge is -2.31. The monoisotopic (exact) mass is 193 g/mol. The van der Waals surface area contributed by atoms with E-state index >= 15 is 0 Å². The Morgan fingerprint density at radius 3 is 2.93 bits per heavy atom. The predicted molar refractivity (Wildman–Crippen MR) is 56.4 cm³/mol. The van der Waals surface area contributed by atoms with Gasteiger partial charge in [-0.3, -0.25) is 0 Å². The fourth-order valence-electron chi connectivity index (χ4n) is 1.36. The molecule has 0 aliphatic carbocycles. The molecule has 0 saturated carbocycles. The van der Waals surface area contributed by atoms with Gasteiger partial charge in [-0.15, -0.1) is 0 Å². The zero-order valence-electron chi connectivity index (χ0n) is 8.11. The number of nitrogens with zero attached hydrogens (tertiary/aromatic N) is 3. The molecule has 0 radical (unpaired) electrons. The normalized spacial score (nSPS) is 15.1. The van der Waals surface area contributed by atoms with Gasteiger partial charge in [-0.25, -0.2) is 9.97 Å². The minimum atomic E-state index is 0.614. The van der Waals surface area contributed by atoms with E-state index in [9.17, 15) is 0 Å². The molecule has 1 aromatic heterocycles. The van der Waals surface area contributed by atoms with Crippen molar-refractivity contribution in [3.63, 3.8) is 0 Å². The van der Waals surface area contributed by atoms with Crippen LogP contribution in [0.15, 0.2) is 12.4 Å². The van der Waals surface area contributed by atoms with Crippen LogP contribution in [-0.2, 0) is 0 Å². The smallest absolute Gasteiger partial charge is 0.134 e. The molecule has 0 atom stereocenters. The quantitative estimate of drug-likeness (QED) is 0.707. The maximum Gasteiger partial charge on any atom is 0.134 e. The third kappa shape index (κ3) is 1.93. The lowest BCUT2D eigenvalue weighted by Crippen LogP contribution is -2.37. The molecule has 1 aliphatic rings. The molecule has 1 fully saturated rings. The van der Waals surface area contributed by atoms with Crippen molar-refractivity contribution < 1.29 is 0 Å². The van der Waals surface area contributed by atoms with Gasteiger partial charge in [-0.1, -0.05) is 0 Å². The minimum Gasteiger partial charge on any atom is -0.369 e. The van der Waals surface area contributed by atoms with Crippen molar-refractivity contribution in [2.45, 2.75) is 6.42 Å². The first-order valence-electron chi connectivity index (χ1n) is 4.91. The van der Waals surface area contributed by atoms with Crippen LogP contribution >= 0.6 is 0 Å². The van der Waals surface area contributed by atoms with Crippen LogP contribution in [0.25, 0.3) is 0 Å². The van der Waals surface area contributed by atoms with Gasteiger partial charge < -0.3 is 16.0 Å². The van der Waals surface area contributed by atoms with Crippen LogP contribution in [0.1, 0.15) is 6.42 Å². The van der Waals surface area contributed by atoms with Gasteiger partial charge in [0.15, 0.2) is 0 Å². The maximum absolute atomic E-state index is 5.40. The van der Waals surface area contributed by atoms with Crippen molar-refractivity contribution in [1.82, 2.24) is 9.97 Å². The van der Waals surface area contributed by atoms with E-state index in [2.05, 4.69) is 20.2 Å². The summed E-state index contributed by atoms with van der Waals surface area (Å²) in [6.07, 6.45) is 2.85. The number of nitrogens with two attached hydrogens (primary N) is 1. The molecule has 5 nitrogen and oxygen atoms in total. The summed E-state index contributed by atoms with van der Waals surface area (Å²) in [6, 6.07) is 1.97. The average Bonchev–Trinajstić information content (AvgIpc) is 2.13. The zero-order valence-corrected chi connectivity index (χ0v) is 8.11. The second kappa shape index (κ2) is 4.23. The Hall–Kier alpha value is -1.36. The average molecular weight is 193 g/mol. The molecule has 14 heavy (non-hydrogen) atoms. The first-order chi connectivity index (χ1) is 6.90. The van der Waals surface area contributed by atoms with Gasteiger partial charge >= 0.3 is 0 Å². The van der Waals surface area contributed by atoms with Gasteiger partial charge in [-0.05, 0) is 6.42 Å². The standard InChI is InChI=1S/C9H15N5/c10-2-3-11-8-6-9(13-7-12-8)14-4-1-5-14/h6-7H,1-5,10H2,(H,11,12,13). The number of aromatic nitrogens is 2. The number of rotatable bonds is 4. The molecule has 0 unspecified atom stereocenters. The molecule has 76 valence electrons. The van der Waals surface area contributed by atoms with Crippen molar-refractivity contribution in [2.75, 3.05) is 36.4 Å². The summed E-state index contributed by atoms with van der Waals surface area (Å²) in [4.78, 5) is 10.6. The molecule has 5 heteroatoms. The van der Waals surface area contributed by atoms with Crippen molar-refractivity contribution >= 4 is 11.6 Å². The van der Waals surface area contributed by atoms with Gasteiger partial charge in [0.2, 0.25) is 0 Å². The highest BCUT2D eigenvalue weighted by molar-refractivity contribution is 5.49. The molecular formula is C9H15N5. The molecule has 0 aromatic carbocycles. The van der Waals surface area contributed by atoms with Crippen molar-refractivity contribution in [1.29, 1.82) is 0 Å². The highest BCUT2D eigenvalue weighted by Crippen LogP contribution is 2.18. The van der Waals surface area contributed by atoms with E-state index in [0.717, 1.165) is 31.3 Å². The first kappa shape index (κ1) is 9.21. The number of anilines is 2. The Balaban J connectivity index is 2.02. The van der Waals surface area contributed by atoms with E-state index in [1.54, 1.807) is 6.33 Å². The fraction of sp³-hybridized carbons (Fsp3) is 0.556. The van der Waals surface area contributed by atoms with E-state index in [1.165, 1.54) is 6.42 Å².